The van der Waals surface area contributed by atoms with Gasteiger partial charge in [0.2, 0.25) is 0 Å². The summed E-state index contributed by atoms with van der Waals surface area (Å²) in [5, 5.41) is 21.7. The summed E-state index contributed by atoms with van der Waals surface area (Å²) >= 11 is 2.08. The van der Waals surface area contributed by atoms with Crippen molar-refractivity contribution in [3.8, 4) is 11.5 Å². The van der Waals surface area contributed by atoms with E-state index in [4.69, 9.17) is 0 Å². The molecule has 2 N–H and O–H groups in total. The molecule has 0 aromatic heterocycles. The molecular weight excluding hydrogens is 448 g/mol. The lowest BCUT2D eigenvalue weighted by molar-refractivity contribution is 0.445. The monoisotopic (exact) mass is 498 g/mol. The van der Waals surface area contributed by atoms with Crippen LogP contribution in [0.2, 0.25) is 0 Å². The summed E-state index contributed by atoms with van der Waals surface area (Å²) in [6.45, 7) is 17.5. The van der Waals surface area contributed by atoms with Crippen LogP contribution in [0.15, 0.2) is 36.4 Å². The van der Waals surface area contributed by atoms with Gasteiger partial charge in [-0.3, -0.25) is 0 Å². The standard InChI is InChI=1S/C32H50O2S/c1-9-10-11-12-13-14-19-35-23(2)20-26(24-15-17-29(33)27(21-24)31(3,4)5)25-16-18-30(34)28(22-25)32(6,7)8/h15-18,21-23,26,33-34H,9-14,19-20H2,1-8H3. The van der Waals surface area contributed by atoms with Crippen LogP contribution in [-0.4, -0.2) is 21.2 Å². The third-order valence-corrected chi connectivity index (χ3v) is 8.22. The fraction of sp³-hybridized carbons (Fsp3) is 0.625. The normalized spacial score (nSPS) is 13.4. The Kier molecular flexibility index (Phi) is 11.1. The first-order chi connectivity index (χ1) is 16.3. The molecule has 0 aliphatic heterocycles. The minimum absolute atomic E-state index is 0.131. The van der Waals surface area contributed by atoms with Gasteiger partial charge in [-0.15, -0.1) is 0 Å². The Morgan fingerprint density at radius 3 is 1.63 bits per heavy atom. The second-order valence-corrected chi connectivity index (χ2v) is 13.8. The number of phenols is 2. The van der Waals surface area contributed by atoms with Crippen molar-refractivity contribution in [1.29, 1.82) is 0 Å². The Balaban J connectivity index is 2.30. The van der Waals surface area contributed by atoms with Gasteiger partial charge in [-0.1, -0.05) is 112 Å². The number of unbranched alkanes of at least 4 members (excludes halogenated alkanes) is 5. The quantitative estimate of drug-likeness (QED) is 0.286. The second kappa shape index (κ2) is 13.1. The van der Waals surface area contributed by atoms with Crippen molar-refractivity contribution < 1.29 is 10.2 Å². The van der Waals surface area contributed by atoms with E-state index in [-0.39, 0.29) is 16.7 Å². The lowest BCUT2D eigenvalue weighted by atomic mass is 9.79. The van der Waals surface area contributed by atoms with Gasteiger partial charge in [0.25, 0.3) is 0 Å². The molecule has 3 heteroatoms. The van der Waals surface area contributed by atoms with Gasteiger partial charge >= 0.3 is 0 Å². The number of rotatable bonds is 12. The van der Waals surface area contributed by atoms with E-state index >= 15 is 0 Å². The highest BCUT2D eigenvalue weighted by Gasteiger charge is 2.25. The van der Waals surface area contributed by atoms with Gasteiger partial charge in [0, 0.05) is 11.2 Å². The molecule has 0 aliphatic carbocycles. The third-order valence-electron chi connectivity index (χ3n) is 6.93. The molecule has 35 heavy (non-hydrogen) atoms. The van der Waals surface area contributed by atoms with Crippen LogP contribution < -0.4 is 0 Å². The van der Waals surface area contributed by atoms with Gasteiger partial charge in [0.15, 0.2) is 0 Å². The van der Waals surface area contributed by atoms with Crippen molar-refractivity contribution in [3.63, 3.8) is 0 Å². The molecule has 196 valence electrons. The summed E-state index contributed by atoms with van der Waals surface area (Å²) in [6.07, 6.45) is 9.05. The van der Waals surface area contributed by atoms with E-state index in [1.54, 1.807) is 0 Å². The highest BCUT2D eigenvalue weighted by molar-refractivity contribution is 7.99. The van der Waals surface area contributed by atoms with Gasteiger partial charge in [0.1, 0.15) is 11.5 Å². The van der Waals surface area contributed by atoms with E-state index in [2.05, 4.69) is 91.4 Å². The molecule has 0 heterocycles. The summed E-state index contributed by atoms with van der Waals surface area (Å²) in [5.41, 5.74) is 4.20. The minimum Gasteiger partial charge on any atom is -0.508 e. The Labute approximate surface area is 219 Å². The Morgan fingerprint density at radius 1 is 0.714 bits per heavy atom. The molecule has 0 radical (unpaired) electrons. The van der Waals surface area contributed by atoms with Crippen molar-refractivity contribution in [2.45, 2.75) is 122 Å². The van der Waals surface area contributed by atoms with E-state index in [1.807, 2.05) is 12.1 Å². The fourth-order valence-corrected chi connectivity index (χ4v) is 5.88. The number of aromatic hydroxyl groups is 2. The first-order valence-electron chi connectivity index (χ1n) is 13.6. The number of phenolic OH excluding ortho intramolecular Hbond substituents is 2. The molecule has 2 rings (SSSR count). The summed E-state index contributed by atoms with van der Waals surface area (Å²) < 4.78 is 0. The van der Waals surface area contributed by atoms with Crippen LogP contribution in [0.1, 0.15) is 129 Å². The van der Waals surface area contributed by atoms with Crippen LogP contribution in [0.3, 0.4) is 0 Å². The van der Waals surface area contributed by atoms with Crippen LogP contribution in [0.25, 0.3) is 0 Å². The molecule has 2 nitrogen and oxygen atoms in total. The number of hydrogen-bond acceptors (Lipinski definition) is 3. The highest BCUT2D eigenvalue weighted by atomic mass is 32.2. The van der Waals surface area contributed by atoms with Crippen molar-refractivity contribution in [2.75, 3.05) is 5.75 Å². The highest BCUT2D eigenvalue weighted by Crippen LogP contribution is 2.40. The molecule has 0 amide bonds. The van der Waals surface area contributed by atoms with E-state index in [0.717, 1.165) is 17.5 Å². The zero-order valence-electron chi connectivity index (χ0n) is 23.6. The van der Waals surface area contributed by atoms with Gasteiger partial charge in [0.05, 0.1) is 0 Å². The Hall–Kier alpha value is -1.61. The topological polar surface area (TPSA) is 40.5 Å². The minimum atomic E-state index is -0.131. The molecule has 0 saturated heterocycles. The number of hydrogen-bond donors (Lipinski definition) is 2. The molecule has 0 fully saturated rings. The van der Waals surface area contributed by atoms with E-state index in [0.29, 0.717) is 16.7 Å². The van der Waals surface area contributed by atoms with E-state index < -0.39 is 0 Å². The summed E-state index contributed by atoms with van der Waals surface area (Å²) in [7, 11) is 0. The van der Waals surface area contributed by atoms with Crippen LogP contribution >= 0.6 is 11.8 Å². The maximum absolute atomic E-state index is 10.6. The molecule has 0 bridgehead atoms. The predicted octanol–water partition coefficient (Wildman–Crippen LogP) is 9.70. The van der Waals surface area contributed by atoms with Gasteiger partial charge < -0.3 is 10.2 Å². The molecule has 0 spiro atoms. The Morgan fingerprint density at radius 2 is 1.17 bits per heavy atom. The maximum Gasteiger partial charge on any atom is 0.119 e. The molecular formula is C32H50O2S. The van der Waals surface area contributed by atoms with Gasteiger partial charge in [-0.25, -0.2) is 0 Å². The van der Waals surface area contributed by atoms with Gasteiger partial charge in [-0.05, 0) is 63.8 Å². The first-order valence-corrected chi connectivity index (χ1v) is 14.7. The van der Waals surface area contributed by atoms with Gasteiger partial charge in [-0.2, -0.15) is 11.8 Å². The zero-order valence-corrected chi connectivity index (χ0v) is 24.4. The predicted molar refractivity (Wildman–Crippen MR) is 155 cm³/mol. The van der Waals surface area contributed by atoms with Crippen LogP contribution in [0.5, 0.6) is 11.5 Å². The molecule has 0 saturated carbocycles. The van der Waals surface area contributed by atoms with Crippen LogP contribution in [0.4, 0.5) is 0 Å². The number of benzene rings is 2. The summed E-state index contributed by atoms with van der Waals surface area (Å²) in [5.74, 6) is 2.16. The molecule has 1 unspecified atom stereocenters. The molecule has 2 aromatic rings. The molecule has 0 aliphatic rings. The SMILES string of the molecule is CCCCCCCCSC(C)CC(c1ccc(O)c(C(C)(C)C)c1)c1ccc(O)c(C(C)(C)C)c1. The van der Waals surface area contributed by atoms with Crippen molar-refractivity contribution >= 4 is 11.8 Å². The second-order valence-electron chi connectivity index (χ2n) is 12.3. The summed E-state index contributed by atoms with van der Waals surface area (Å²) in [6, 6.07) is 12.3. The number of thioether (sulfide) groups is 1. The van der Waals surface area contributed by atoms with Crippen LogP contribution in [-0.2, 0) is 10.8 Å². The Bertz CT molecular complexity index is 857. The fourth-order valence-electron chi connectivity index (χ4n) is 4.77. The molecule has 1 atom stereocenters. The maximum atomic E-state index is 10.6. The third kappa shape index (κ3) is 9.08. The summed E-state index contributed by atoms with van der Waals surface area (Å²) in [4.78, 5) is 0. The van der Waals surface area contributed by atoms with E-state index in [1.165, 1.54) is 55.4 Å². The first kappa shape index (κ1) is 29.6. The van der Waals surface area contributed by atoms with Crippen molar-refractivity contribution in [1.82, 2.24) is 0 Å². The lowest BCUT2D eigenvalue weighted by Gasteiger charge is -2.28. The average molecular weight is 499 g/mol. The van der Waals surface area contributed by atoms with Crippen LogP contribution in [0, 0.1) is 0 Å². The van der Waals surface area contributed by atoms with Crippen molar-refractivity contribution in [3.05, 3.63) is 58.7 Å². The smallest absolute Gasteiger partial charge is 0.119 e. The van der Waals surface area contributed by atoms with Crippen molar-refractivity contribution in [2.24, 2.45) is 0 Å². The zero-order chi connectivity index (χ0) is 26.2. The lowest BCUT2D eigenvalue weighted by Crippen LogP contribution is -2.16. The molecule has 2 aromatic carbocycles. The largest absolute Gasteiger partial charge is 0.508 e. The van der Waals surface area contributed by atoms with E-state index in [9.17, 15) is 10.2 Å². The average Bonchev–Trinajstić information content (AvgIpc) is 2.76.